The predicted octanol–water partition coefficient (Wildman–Crippen LogP) is 20.0. The number of unbranched alkanes of at least 4 members (excludes halogenated alkanes) is 34. The Morgan fingerprint density at radius 2 is 0.632 bits per heavy atom. The summed E-state index contributed by atoms with van der Waals surface area (Å²) in [5.41, 5.74) is 0. The molecule has 0 radical (unpaired) electrons. The number of rotatable bonds is 54. The van der Waals surface area contributed by atoms with Gasteiger partial charge in [-0.15, -0.1) is 0 Å². The van der Waals surface area contributed by atoms with Gasteiger partial charge in [0.2, 0.25) is 0 Å². The van der Waals surface area contributed by atoms with E-state index < -0.39 is 6.10 Å². The Hall–Kier alpha value is -2.66. The lowest BCUT2D eigenvalue weighted by Gasteiger charge is -2.15. The SMILES string of the molecule is CC/C=C\C/C=C\C/C=C\C/C=C\CCCCCCCCCCCCCCCCCCC(=O)OC(CO)COC(=O)CCCCCCCCCCCCCCC/C=C\C/C=C\CCCCCCC. The average Bonchev–Trinajstić information content (AvgIpc) is 3.34. The Bertz CT molecular complexity index is 1210. The highest BCUT2D eigenvalue weighted by Crippen LogP contribution is 2.17. The van der Waals surface area contributed by atoms with Gasteiger partial charge in [0.15, 0.2) is 6.10 Å². The van der Waals surface area contributed by atoms with Crippen LogP contribution in [0.3, 0.4) is 0 Å². The van der Waals surface area contributed by atoms with Crippen molar-refractivity contribution in [2.45, 2.75) is 302 Å². The summed E-state index contributed by atoms with van der Waals surface area (Å²) in [5.74, 6) is -0.581. The summed E-state index contributed by atoms with van der Waals surface area (Å²) in [7, 11) is 0. The van der Waals surface area contributed by atoms with Crippen molar-refractivity contribution in [3.63, 3.8) is 0 Å². The van der Waals surface area contributed by atoms with Gasteiger partial charge in [0.05, 0.1) is 6.61 Å². The molecule has 0 aliphatic heterocycles. The number of hydrogen-bond donors (Lipinski definition) is 1. The van der Waals surface area contributed by atoms with Gasteiger partial charge in [0, 0.05) is 12.8 Å². The normalized spacial score (nSPS) is 12.7. The second-order valence-electron chi connectivity index (χ2n) is 19.7. The van der Waals surface area contributed by atoms with Gasteiger partial charge in [0.25, 0.3) is 0 Å². The molecule has 0 fully saturated rings. The molecule has 0 aromatic rings. The van der Waals surface area contributed by atoms with Gasteiger partial charge in [-0.1, -0.05) is 273 Å². The van der Waals surface area contributed by atoms with E-state index in [-0.39, 0.29) is 25.2 Å². The number of ether oxygens (including phenoxy) is 2. The molecule has 5 nitrogen and oxygen atoms in total. The van der Waals surface area contributed by atoms with E-state index in [1.807, 2.05) is 0 Å². The first kappa shape index (κ1) is 65.3. The van der Waals surface area contributed by atoms with Gasteiger partial charge < -0.3 is 14.6 Å². The lowest BCUT2D eigenvalue weighted by atomic mass is 10.0. The minimum absolute atomic E-state index is 0.0654. The molecule has 1 unspecified atom stereocenters. The lowest BCUT2D eigenvalue weighted by molar-refractivity contribution is -0.161. The van der Waals surface area contributed by atoms with Crippen molar-refractivity contribution in [2.75, 3.05) is 13.2 Å². The van der Waals surface area contributed by atoms with Crippen molar-refractivity contribution in [3.05, 3.63) is 72.9 Å². The van der Waals surface area contributed by atoms with Crippen LogP contribution in [0.2, 0.25) is 0 Å². The maximum atomic E-state index is 12.3. The van der Waals surface area contributed by atoms with Crippen LogP contribution in [0.4, 0.5) is 0 Å². The Morgan fingerprint density at radius 1 is 0.353 bits per heavy atom. The van der Waals surface area contributed by atoms with E-state index in [1.165, 1.54) is 199 Å². The summed E-state index contributed by atoms with van der Waals surface area (Å²) >= 11 is 0. The molecular formula is C63H112O5. The van der Waals surface area contributed by atoms with E-state index in [4.69, 9.17) is 9.47 Å². The molecule has 0 rings (SSSR count). The van der Waals surface area contributed by atoms with E-state index >= 15 is 0 Å². The van der Waals surface area contributed by atoms with Crippen LogP contribution in [0, 0.1) is 0 Å². The standard InChI is InChI=1S/C63H112O5/c1-3-5-7-9-11-13-15-17-19-21-23-25-27-29-30-31-32-34-36-38-40-42-44-46-48-50-52-54-56-58-63(66)68-61(59-64)60-67-62(65)57-55-53-51-49-47-45-43-41-39-37-35-33-28-26-24-22-20-18-16-14-12-10-8-6-4-2/h5,7,11,13,16-19,22-25,61,64H,3-4,6,8-10,12,14-15,20-21,26-60H2,1-2H3/b7-5-,13-11-,18-16-,19-17-,24-22-,25-23-. The van der Waals surface area contributed by atoms with Crippen LogP contribution < -0.4 is 0 Å². The molecule has 0 aliphatic rings. The molecule has 0 saturated carbocycles. The third kappa shape index (κ3) is 55.9. The summed E-state index contributed by atoms with van der Waals surface area (Å²) < 4.78 is 10.7. The fourth-order valence-corrected chi connectivity index (χ4v) is 8.58. The predicted molar refractivity (Wildman–Crippen MR) is 297 cm³/mol. The molecule has 0 aromatic heterocycles. The van der Waals surface area contributed by atoms with Crippen LogP contribution in [-0.2, 0) is 19.1 Å². The summed E-state index contributed by atoms with van der Waals surface area (Å²) in [6.45, 7) is 4.05. The first-order chi connectivity index (χ1) is 33.6. The lowest BCUT2D eigenvalue weighted by Crippen LogP contribution is -2.28. The zero-order valence-electron chi connectivity index (χ0n) is 45.1. The first-order valence-electron chi connectivity index (χ1n) is 29.5. The largest absolute Gasteiger partial charge is 0.462 e. The summed E-state index contributed by atoms with van der Waals surface area (Å²) in [6.07, 6.45) is 80.2. The first-order valence-corrected chi connectivity index (χ1v) is 29.5. The van der Waals surface area contributed by atoms with E-state index in [9.17, 15) is 14.7 Å². The quantitative estimate of drug-likeness (QED) is 0.0374. The fourth-order valence-electron chi connectivity index (χ4n) is 8.58. The highest BCUT2D eigenvalue weighted by Gasteiger charge is 2.16. The van der Waals surface area contributed by atoms with Crippen LogP contribution in [0.1, 0.15) is 296 Å². The van der Waals surface area contributed by atoms with Gasteiger partial charge >= 0.3 is 11.9 Å². The highest BCUT2D eigenvalue weighted by atomic mass is 16.6. The highest BCUT2D eigenvalue weighted by molar-refractivity contribution is 5.70. The van der Waals surface area contributed by atoms with Crippen molar-refractivity contribution in [2.24, 2.45) is 0 Å². The molecule has 68 heavy (non-hydrogen) atoms. The van der Waals surface area contributed by atoms with Crippen LogP contribution in [0.5, 0.6) is 0 Å². The molecule has 0 aromatic carbocycles. The smallest absolute Gasteiger partial charge is 0.306 e. The summed E-state index contributed by atoms with van der Waals surface area (Å²) in [6, 6.07) is 0. The maximum absolute atomic E-state index is 12.3. The third-order valence-corrected chi connectivity index (χ3v) is 13.0. The van der Waals surface area contributed by atoms with Crippen molar-refractivity contribution < 1.29 is 24.2 Å². The second kappa shape index (κ2) is 58.7. The van der Waals surface area contributed by atoms with Gasteiger partial charge in [-0.2, -0.15) is 0 Å². The average molecular weight is 950 g/mol. The van der Waals surface area contributed by atoms with E-state index in [1.54, 1.807) is 0 Å². The van der Waals surface area contributed by atoms with Crippen LogP contribution in [-0.4, -0.2) is 36.4 Å². The van der Waals surface area contributed by atoms with Gasteiger partial charge in [-0.3, -0.25) is 9.59 Å². The minimum atomic E-state index is -0.775. The van der Waals surface area contributed by atoms with Crippen molar-refractivity contribution in [1.29, 1.82) is 0 Å². The zero-order chi connectivity index (χ0) is 49.2. The number of esters is 2. The Balaban J connectivity index is 3.46. The zero-order valence-corrected chi connectivity index (χ0v) is 45.1. The number of carbonyl (C=O) groups is 2. The second-order valence-corrected chi connectivity index (χ2v) is 19.7. The summed E-state index contributed by atoms with van der Waals surface area (Å²) in [4.78, 5) is 24.6. The molecule has 0 saturated heterocycles. The van der Waals surface area contributed by atoms with Crippen molar-refractivity contribution >= 4 is 11.9 Å². The molecule has 1 N–H and O–H groups in total. The molecule has 0 heterocycles. The van der Waals surface area contributed by atoms with Crippen LogP contribution in [0.15, 0.2) is 72.9 Å². The minimum Gasteiger partial charge on any atom is -0.462 e. The van der Waals surface area contributed by atoms with Gasteiger partial charge in [0.1, 0.15) is 6.61 Å². The number of aliphatic hydroxyl groups excluding tert-OH is 1. The van der Waals surface area contributed by atoms with Gasteiger partial charge in [-0.25, -0.2) is 0 Å². The van der Waals surface area contributed by atoms with Crippen LogP contribution in [0.25, 0.3) is 0 Å². The molecule has 0 spiro atoms. The Morgan fingerprint density at radius 3 is 0.956 bits per heavy atom. The monoisotopic (exact) mass is 949 g/mol. The van der Waals surface area contributed by atoms with Crippen molar-refractivity contribution in [3.8, 4) is 0 Å². The Labute approximate surface area is 423 Å². The molecule has 1 atom stereocenters. The molecule has 5 heteroatoms. The van der Waals surface area contributed by atoms with E-state index in [0.717, 1.165) is 70.6 Å². The third-order valence-electron chi connectivity index (χ3n) is 13.0. The molecule has 0 bridgehead atoms. The molecule has 0 amide bonds. The van der Waals surface area contributed by atoms with Crippen LogP contribution >= 0.6 is 0 Å². The molecular weight excluding hydrogens is 837 g/mol. The topological polar surface area (TPSA) is 72.8 Å². The Kier molecular flexibility index (Phi) is 56.4. The molecule has 394 valence electrons. The summed E-state index contributed by atoms with van der Waals surface area (Å²) in [5, 5.41) is 9.67. The number of aliphatic hydroxyl groups is 1. The maximum Gasteiger partial charge on any atom is 0.306 e. The number of allylic oxidation sites excluding steroid dienone is 12. The van der Waals surface area contributed by atoms with E-state index in [0.29, 0.717) is 12.8 Å². The fraction of sp³-hybridized carbons (Fsp3) is 0.778. The number of carbonyl (C=O) groups excluding carboxylic acids is 2. The van der Waals surface area contributed by atoms with E-state index in [2.05, 4.69) is 86.8 Å². The molecule has 0 aliphatic carbocycles. The van der Waals surface area contributed by atoms with Gasteiger partial charge in [-0.05, 0) is 83.5 Å². The number of hydrogen-bond acceptors (Lipinski definition) is 5. The van der Waals surface area contributed by atoms with Crippen molar-refractivity contribution in [1.82, 2.24) is 0 Å².